The van der Waals surface area contributed by atoms with Gasteiger partial charge in [-0.25, -0.2) is 0 Å². The van der Waals surface area contributed by atoms with Crippen molar-refractivity contribution < 1.29 is 122 Å². The van der Waals surface area contributed by atoms with Gasteiger partial charge in [0.1, 0.15) is 0 Å². The van der Waals surface area contributed by atoms with Gasteiger partial charge in [-0.05, 0) is 0 Å². The Morgan fingerprint density at radius 3 is 0.455 bits per heavy atom. The first kappa shape index (κ1) is 29.2. The van der Waals surface area contributed by atoms with E-state index in [4.69, 9.17) is 31.5 Å². The molecule has 11 heavy (non-hydrogen) atoms. The average Bonchev–Trinajstić information content (AvgIpc) is 1.70. The molecule has 76 valence electrons. The Morgan fingerprint density at radius 1 is 0.455 bits per heavy atom. The molecule has 0 aromatic heterocycles. The van der Waals surface area contributed by atoms with Gasteiger partial charge in [0.15, 0.2) is 0 Å². The van der Waals surface area contributed by atoms with Crippen LogP contribution in [0.1, 0.15) is 0 Å². The second-order valence-corrected chi connectivity index (χ2v) is 0.204. The second-order valence-electron chi connectivity index (χ2n) is 0.204. The summed E-state index contributed by atoms with van der Waals surface area (Å²) in [6.45, 7) is 0. The Bertz CT molecular complexity index is 12.3. The first-order chi connectivity index (χ1) is 4.24. The van der Waals surface area contributed by atoms with Gasteiger partial charge in [0, 0.05) is 0 Å². The van der Waals surface area contributed by atoms with Gasteiger partial charge in [-0.2, -0.15) is 0 Å². The maximum Gasteiger partial charge on any atom is 3.00 e. The summed E-state index contributed by atoms with van der Waals surface area (Å²) in [5.41, 5.74) is 0. The zero-order valence-corrected chi connectivity index (χ0v) is 8.15. The van der Waals surface area contributed by atoms with E-state index in [0.29, 0.717) is 0 Å². The standard InChI is InChI=1S/2Ho.3H2O3/c;;3*1-3-2/h;;3*1-2H/q2*+3;;;/p-6. The minimum absolute atomic E-state index is 0. The van der Waals surface area contributed by atoms with E-state index >= 15 is 0 Å². The maximum absolute atomic E-state index is 7.88. The van der Waals surface area contributed by atoms with Gasteiger partial charge in [0.25, 0.3) is 0 Å². The summed E-state index contributed by atoms with van der Waals surface area (Å²) < 4.78 is 0. The van der Waals surface area contributed by atoms with Gasteiger partial charge in [-0.1, -0.05) is 0 Å². The molecular formula is Ho2O9. The van der Waals surface area contributed by atoms with Crippen molar-refractivity contribution in [2.75, 3.05) is 0 Å². The van der Waals surface area contributed by atoms with Crippen LogP contribution in [0.4, 0.5) is 0 Å². The largest absolute Gasteiger partial charge is 3.00 e. The average molecular weight is 474 g/mol. The molecule has 0 saturated carbocycles. The summed E-state index contributed by atoms with van der Waals surface area (Å²) in [5, 5.41) is 52.5. The molecule has 0 bridgehead atoms. The van der Waals surface area contributed by atoms with Crippen LogP contribution in [-0.4, -0.2) is 0 Å². The van der Waals surface area contributed by atoms with Gasteiger partial charge >= 0.3 is 75.5 Å². The van der Waals surface area contributed by atoms with Gasteiger partial charge in [0.2, 0.25) is 0 Å². The summed E-state index contributed by atoms with van der Waals surface area (Å²) in [7, 11) is 0. The quantitative estimate of drug-likeness (QED) is 0.188. The Labute approximate surface area is 120 Å². The first-order valence-corrected chi connectivity index (χ1v) is 1.00. The van der Waals surface area contributed by atoms with E-state index in [1.165, 1.54) is 0 Å². The van der Waals surface area contributed by atoms with E-state index in [2.05, 4.69) is 0 Å². The summed E-state index contributed by atoms with van der Waals surface area (Å²) in [6, 6.07) is 0. The number of hydrogen-bond acceptors (Lipinski definition) is 9. The van der Waals surface area contributed by atoms with E-state index in [1.54, 1.807) is 15.1 Å². The number of hydrogen-bond donors (Lipinski definition) is 0. The zero-order valence-electron chi connectivity index (χ0n) is 4.28. The molecule has 0 radical (unpaired) electrons. The SMILES string of the molecule is [Ho+3].[Ho+3].[O-]O[O-].[O-]O[O-].[O-]O[O-]. The normalized spacial score (nSPS) is 4.91. The van der Waals surface area contributed by atoms with Crippen LogP contribution < -0.4 is 31.5 Å². The Balaban J connectivity index is -0.0000000150. The van der Waals surface area contributed by atoms with Crippen LogP contribution >= 0.6 is 0 Å². The molecule has 0 saturated heterocycles. The molecule has 0 fully saturated rings. The molecule has 0 atom stereocenters. The third-order valence-electron chi connectivity index (χ3n) is 0. The summed E-state index contributed by atoms with van der Waals surface area (Å²) >= 11 is 0. The second kappa shape index (κ2) is 56.9. The monoisotopic (exact) mass is 474 g/mol. The molecule has 0 aliphatic heterocycles. The van der Waals surface area contributed by atoms with Crippen molar-refractivity contribution in [2.45, 2.75) is 0 Å². The summed E-state index contributed by atoms with van der Waals surface area (Å²) in [6.07, 6.45) is 0. The zero-order chi connectivity index (χ0) is 8.12. The van der Waals surface area contributed by atoms with Crippen molar-refractivity contribution in [3.05, 3.63) is 0 Å². The van der Waals surface area contributed by atoms with Gasteiger partial charge < -0.3 is 46.7 Å². The van der Waals surface area contributed by atoms with Crippen molar-refractivity contribution in [2.24, 2.45) is 0 Å². The van der Waals surface area contributed by atoms with Crippen LogP contribution in [0, 0.1) is 75.5 Å². The Hall–Kier alpha value is 2.16. The molecule has 0 aromatic rings. The Kier molecular flexibility index (Phi) is 151. The third kappa shape index (κ3) is 269. The van der Waals surface area contributed by atoms with Gasteiger partial charge in [-0.3, -0.25) is 0 Å². The van der Waals surface area contributed by atoms with Crippen LogP contribution in [0.15, 0.2) is 0 Å². The molecule has 0 amide bonds. The van der Waals surface area contributed by atoms with Gasteiger partial charge in [-0.15, -0.1) is 0 Å². The molecule has 0 aliphatic carbocycles. The molecule has 0 rings (SSSR count). The van der Waals surface area contributed by atoms with E-state index < -0.39 is 0 Å². The van der Waals surface area contributed by atoms with E-state index in [0.717, 1.165) is 0 Å². The van der Waals surface area contributed by atoms with Crippen molar-refractivity contribution >= 4 is 0 Å². The molecular weight excluding hydrogens is 474 g/mol. The summed E-state index contributed by atoms with van der Waals surface area (Å²) in [4.78, 5) is 0. The van der Waals surface area contributed by atoms with Crippen LogP contribution in [-0.2, 0) is 15.1 Å². The molecule has 0 heterocycles. The topological polar surface area (TPSA) is 166 Å². The maximum atomic E-state index is 7.88. The molecule has 0 aliphatic rings. The number of rotatable bonds is 0. The van der Waals surface area contributed by atoms with Crippen molar-refractivity contribution in [1.82, 2.24) is 0 Å². The predicted octanol–water partition coefficient (Wildman–Crippen LogP) is -7.34. The van der Waals surface area contributed by atoms with Gasteiger partial charge in [0.05, 0.1) is 0 Å². The van der Waals surface area contributed by atoms with Crippen molar-refractivity contribution in [3.63, 3.8) is 0 Å². The fourth-order valence-corrected chi connectivity index (χ4v) is 0. The van der Waals surface area contributed by atoms with Crippen molar-refractivity contribution in [3.8, 4) is 0 Å². The van der Waals surface area contributed by atoms with Crippen LogP contribution in [0.25, 0.3) is 0 Å². The first-order valence-electron chi connectivity index (χ1n) is 1.00. The van der Waals surface area contributed by atoms with Crippen molar-refractivity contribution in [1.29, 1.82) is 0 Å². The predicted molar refractivity (Wildman–Crippen MR) is 3.25 cm³/mol. The fourth-order valence-electron chi connectivity index (χ4n) is 0. The minimum Gasteiger partial charge on any atom is -0.734 e. The minimum atomic E-state index is 0. The molecule has 9 nitrogen and oxygen atoms in total. The van der Waals surface area contributed by atoms with Crippen LogP contribution in [0.5, 0.6) is 0 Å². The summed E-state index contributed by atoms with van der Waals surface area (Å²) in [5.74, 6) is 0. The van der Waals surface area contributed by atoms with E-state index in [1.807, 2.05) is 0 Å². The molecule has 0 aromatic carbocycles. The fraction of sp³-hybridized carbons (Fsp3) is 0. The van der Waals surface area contributed by atoms with E-state index in [-0.39, 0.29) is 75.5 Å². The molecule has 0 N–H and O–H groups in total. The third-order valence-corrected chi connectivity index (χ3v) is 0. The van der Waals surface area contributed by atoms with E-state index in [9.17, 15) is 0 Å². The Morgan fingerprint density at radius 2 is 0.455 bits per heavy atom. The molecule has 0 spiro atoms. The molecule has 11 heteroatoms. The smallest absolute Gasteiger partial charge is 0.734 e. The van der Waals surface area contributed by atoms with Crippen LogP contribution in [0.2, 0.25) is 0 Å². The molecule has 0 unspecified atom stereocenters. The van der Waals surface area contributed by atoms with Crippen LogP contribution in [0.3, 0.4) is 0 Å².